The minimum atomic E-state index is -0.218. The number of carbonyl (C=O) groups excluding carboxylic acids is 2. The van der Waals surface area contributed by atoms with Gasteiger partial charge >= 0.3 is 6.03 Å². The van der Waals surface area contributed by atoms with Gasteiger partial charge in [-0.3, -0.25) is 9.69 Å². The molecule has 29 heavy (non-hydrogen) atoms. The molecule has 1 aliphatic rings. The highest BCUT2D eigenvalue weighted by atomic mass is 32.2. The van der Waals surface area contributed by atoms with Crippen LogP contribution in [0.15, 0.2) is 64.2 Å². The SMILES string of the molecule is Cc1ccc(CNC(=O)c2ccc(NC(=O)N3CCSc4ncccc43)cc2)o1. The number of pyridine rings is 1. The van der Waals surface area contributed by atoms with Crippen molar-refractivity contribution in [1.29, 1.82) is 0 Å². The van der Waals surface area contributed by atoms with Crippen molar-refractivity contribution in [1.82, 2.24) is 10.3 Å². The topological polar surface area (TPSA) is 87.5 Å². The number of aryl methyl sites for hydroxylation is 1. The van der Waals surface area contributed by atoms with Crippen molar-refractivity contribution in [3.8, 4) is 0 Å². The first kappa shape index (κ1) is 19.1. The molecule has 2 aromatic heterocycles. The van der Waals surface area contributed by atoms with Crippen molar-refractivity contribution in [3.05, 3.63) is 71.8 Å². The number of nitrogens with zero attached hydrogens (tertiary/aromatic N) is 2. The molecule has 0 saturated carbocycles. The number of nitrogens with one attached hydrogen (secondary N) is 2. The predicted molar refractivity (Wildman–Crippen MR) is 112 cm³/mol. The maximum atomic E-state index is 12.7. The van der Waals surface area contributed by atoms with Crippen molar-refractivity contribution in [2.45, 2.75) is 18.5 Å². The zero-order valence-corrected chi connectivity index (χ0v) is 16.7. The van der Waals surface area contributed by atoms with E-state index in [1.807, 2.05) is 31.2 Å². The third kappa shape index (κ3) is 4.43. The first-order valence-corrected chi connectivity index (χ1v) is 10.2. The second-order valence-electron chi connectivity index (χ2n) is 6.53. The van der Waals surface area contributed by atoms with Gasteiger partial charge in [0.2, 0.25) is 0 Å². The van der Waals surface area contributed by atoms with Crippen molar-refractivity contribution < 1.29 is 14.0 Å². The van der Waals surface area contributed by atoms with Crippen LogP contribution in [0.5, 0.6) is 0 Å². The Labute approximate surface area is 172 Å². The van der Waals surface area contributed by atoms with Crippen LogP contribution in [-0.4, -0.2) is 29.2 Å². The van der Waals surface area contributed by atoms with Gasteiger partial charge in [-0.25, -0.2) is 9.78 Å². The number of hydrogen-bond donors (Lipinski definition) is 2. The van der Waals surface area contributed by atoms with Crippen LogP contribution in [0.1, 0.15) is 21.9 Å². The summed E-state index contributed by atoms with van der Waals surface area (Å²) in [4.78, 5) is 31.0. The molecule has 0 fully saturated rings. The molecule has 2 N–H and O–H groups in total. The largest absolute Gasteiger partial charge is 0.465 e. The maximum Gasteiger partial charge on any atom is 0.326 e. The molecular weight excluding hydrogens is 388 g/mol. The monoisotopic (exact) mass is 408 g/mol. The summed E-state index contributed by atoms with van der Waals surface area (Å²) in [7, 11) is 0. The Bertz CT molecular complexity index is 1030. The van der Waals surface area contributed by atoms with E-state index in [9.17, 15) is 9.59 Å². The third-order valence-corrected chi connectivity index (χ3v) is 5.43. The number of hydrogen-bond acceptors (Lipinski definition) is 5. The summed E-state index contributed by atoms with van der Waals surface area (Å²) in [6, 6.07) is 14.0. The van der Waals surface area contributed by atoms with Gasteiger partial charge in [-0.2, -0.15) is 0 Å². The predicted octanol–water partition coefficient (Wildman–Crippen LogP) is 4.06. The van der Waals surface area contributed by atoms with Crippen LogP contribution in [0.25, 0.3) is 0 Å². The lowest BCUT2D eigenvalue weighted by atomic mass is 10.2. The maximum absolute atomic E-state index is 12.7. The fraction of sp³-hybridized carbons (Fsp3) is 0.190. The Morgan fingerprint density at radius 1 is 1.17 bits per heavy atom. The van der Waals surface area contributed by atoms with Gasteiger partial charge in [-0.15, -0.1) is 11.8 Å². The van der Waals surface area contributed by atoms with Crippen molar-refractivity contribution in [2.75, 3.05) is 22.5 Å². The molecule has 3 heterocycles. The van der Waals surface area contributed by atoms with Crippen LogP contribution in [0, 0.1) is 6.92 Å². The zero-order valence-electron chi connectivity index (χ0n) is 15.8. The fourth-order valence-electron chi connectivity index (χ4n) is 3.01. The quantitative estimate of drug-likeness (QED) is 0.680. The Morgan fingerprint density at radius 3 is 2.76 bits per heavy atom. The number of carbonyl (C=O) groups is 2. The lowest BCUT2D eigenvalue weighted by molar-refractivity contribution is 0.0948. The Morgan fingerprint density at radius 2 is 2.00 bits per heavy atom. The number of anilines is 2. The molecule has 3 amide bonds. The minimum absolute atomic E-state index is 0.204. The highest BCUT2D eigenvalue weighted by molar-refractivity contribution is 7.99. The van der Waals surface area contributed by atoms with Gasteiger partial charge in [0.05, 0.1) is 12.2 Å². The molecule has 0 aliphatic carbocycles. The molecule has 1 aliphatic heterocycles. The molecule has 1 aromatic carbocycles. The highest BCUT2D eigenvalue weighted by Crippen LogP contribution is 2.32. The van der Waals surface area contributed by atoms with Crippen molar-refractivity contribution in [3.63, 3.8) is 0 Å². The van der Waals surface area contributed by atoms with Gasteiger partial charge in [0.15, 0.2) is 0 Å². The molecule has 0 radical (unpaired) electrons. The van der Waals surface area contributed by atoms with Crippen LogP contribution < -0.4 is 15.5 Å². The summed E-state index contributed by atoms with van der Waals surface area (Å²) in [5.74, 6) is 2.10. The van der Waals surface area contributed by atoms with E-state index in [1.54, 1.807) is 47.1 Å². The fourth-order valence-corrected chi connectivity index (χ4v) is 3.94. The van der Waals surface area contributed by atoms with Crippen LogP contribution in [0.3, 0.4) is 0 Å². The number of furan rings is 1. The molecule has 7 nitrogen and oxygen atoms in total. The van der Waals surface area contributed by atoms with E-state index >= 15 is 0 Å². The summed E-state index contributed by atoms with van der Waals surface area (Å²) in [6.45, 7) is 2.80. The lowest BCUT2D eigenvalue weighted by Gasteiger charge is -2.28. The van der Waals surface area contributed by atoms with Gasteiger partial charge in [0, 0.05) is 29.7 Å². The molecule has 0 unspecified atom stereocenters. The van der Waals surface area contributed by atoms with Crippen LogP contribution in [-0.2, 0) is 6.54 Å². The zero-order chi connectivity index (χ0) is 20.2. The second-order valence-corrected chi connectivity index (χ2v) is 7.61. The van der Waals surface area contributed by atoms with Crippen molar-refractivity contribution >= 4 is 35.1 Å². The summed E-state index contributed by atoms with van der Waals surface area (Å²) >= 11 is 1.64. The first-order valence-electron chi connectivity index (χ1n) is 9.20. The Hall–Kier alpha value is -3.26. The summed E-state index contributed by atoms with van der Waals surface area (Å²) < 4.78 is 5.44. The molecule has 148 valence electrons. The first-order chi connectivity index (χ1) is 14.1. The summed E-state index contributed by atoms with van der Waals surface area (Å²) in [6.07, 6.45) is 1.73. The average Bonchev–Trinajstić information content (AvgIpc) is 3.17. The van der Waals surface area contributed by atoms with E-state index in [0.29, 0.717) is 30.1 Å². The lowest BCUT2D eigenvalue weighted by Crippen LogP contribution is -2.38. The molecular formula is C21H20N4O3S. The van der Waals surface area contributed by atoms with E-state index < -0.39 is 0 Å². The number of aromatic nitrogens is 1. The van der Waals surface area contributed by atoms with Gasteiger partial charge in [-0.1, -0.05) is 0 Å². The number of fused-ring (bicyclic) bond motifs is 1. The van der Waals surface area contributed by atoms with E-state index in [0.717, 1.165) is 22.2 Å². The van der Waals surface area contributed by atoms with Gasteiger partial charge in [0.1, 0.15) is 16.5 Å². The molecule has 8 heteroatoms. The van der Waals surface area contributed by atoms with Crippen LogP contribution in [0.4, 0.5) is 16.2 Å². The van der Waals surface area contributed by atoms with Gasteiger partial charge in [-0.05, 0) is 55.5 Å². The summed E-state index contributed by atoms with van der Waals surface area (Å²) in [5.41, 5.74) is 1.94. The minimum Gasteiger partial charge on any atom is -0.465 e. The molecule has 4 rings (SSSR count). The molecule has 0 spiro atoms. The van der Waals surface area contributed by atoms with E-state index in [1.165, 1.54) is 0 Å². The standard InChI is InChI=1S/C21H20N4O3S/c1-14-4-9-17(28-14)13-23-19(26)15-5-7-16(8-6-15)24-21(27)25-11-12-29-20-18(25)3-2-10-22-20/h2-10H,11-13H2,1H3,(H,23,26)(H,24,27). The number of amides is 3. The van der Waals surface area contributed by atoms with E-state index in [2.05, 4.69) is 15.6 Å². The number of urea groups is 1. The molecule has 0 bridgehead atoms. The Balaban J connectivity index is 1.37. The second kappa shape index (κ2) is 8.40. The number of benzene rings is 1. The van der Waals surface area contributed by atoms with Gasteiger partial charge in [0.25, 0.3) is 5.91 Å². The van der Waals surface area contributed by atoms with Gasteiger partial charge < -0.3 is 15.1 Å². The summed E-state index contributed by atoms with van der Waals surface area (Å²) in [5, 5.41) is 6.55. The van der Waals surface area contributed by atoms with Crippen LogP contribution >= 0.6 is 11.8 Å². The van der Waals surface area contributed by atoms with Crippen LogP contribution in [0.2, 0.25) is 0 Å². The van der Waals surface area contributed by atoms with E-state index in [4.69, 9.17) is 4.42 Å². The highest BCUT2D eigenvalue weighted by Gasteiger charge is 2.23. The van der Waals surface area contributed by atoms with Crippen molar-refractivity contribution in [2.24, 2.45) is 0 Å². The van der Waals surface area contributed by atoms with E-state index in [-0.39, 0.29) is 11.9 Å². The average molecular weight is 408 g/mol. The Kier molecular flexibility index (Phi) is 5.53. The normalized spacial score (nSPS) is 12.9. The number of rotatable bonds is 4. The third-order valence-electron chi connectivity index (χ3n) is 4.46. The molecule has 0 atom stereocenters. The smallest absolute Gasteiger partial charge is 0.326 e. The molecule has 3 aromatic rings. The molecule has 0 saturated heterocycles. The number of thioether (sulfide) groups is 1.